The van der Waals surface area contributed by atoms with Crippen LogP contribution < -0.4 is 10.6 Å². The molecule has 0 aliphatic heterocycles. The summed E-state index contributed by atoms with van der Waals surface area (Å²) >= 11 is 0. The lowest BCUT2D eigenvalue weighted by molar-refractivity contribution is 0.650. The Bertz CT molecular complexity index is 362. The van der Waals surface area contributed by atoms with Crippen LogP contribution in [0.25, 0.3) is 0 Å². The van der Waals surface area contributed by atoms with Crippen LogP contribution in [0, 0.1) is 0 Å². The van der Waals surface area contributed by atoms with Crippen molar-refractivity contribution in [2.75, 3.05) is 18.5 Å². The quantitative estimate of drug-likeness (QED) is 0.842. The molecule has 0 spiro atoms. The normalized spacial score (nSPS) is 16.7. The van der Waals surface area contributed by atoms with Crippen molar-refractivity contribution in [2.45, 2.75) is 38.6 Å². The molecule has 1 aromatic rings. The molecule has 0 saturated heterocycles. The van der Waals surface area contributed by atoms with E-state index in [0.29, 0.717) is 12.6 Å². The summed E-state index contributed by atoms with van der Waals surface area (Å²) in [5.74, 6) is 0. The average Bonchev–Trinajstić information content (AvgIpc) is 2.36. The molecule has 3 nitrogen and oxygen atoms in total. The van der Waals surface area contributed by atoms with Crippen LogP contribution in [-0.4, -0.2) is 24.6 Å². The van der Waals surface area contributed by atoms with Gasteiger partial charge in [-0.15, -0.1) is 0 Å². The minimum atomic E-state index is 0.383. The van der Waals surface area contributed by atoms with E-state index in [9.17, 15) is 0 Å². The van der Waals surface area contributed by atoms with E-state index in [2.05, 4.69) is 29.9 Å². The van der Waals surface area contributed by atoms with Crippen molar-refractivity contribution in [1.82, 2.24) is 4.98 Å². The van der Waals surface area contributed by atoms with E-state index < -0.39 is 0 Å². The monoisotopic (exact) mass is 219 g/mol. The summed E-state index contributed by atoms with van der Waals surface area (Å²) in [4.78, 5) is 6.77. The van der Waals surface area contributed by atoms with E-state index in [1.807, 2.05) is 6.20 Å². The Morgan fingerprint density at radius 2 is 2.19 bits per heavy atom. The SMILES string of the molecule is CC(CN)N(C)c1ccnc2c1CCCC2. The van der Waals surface area contributed by atoms with E-state index >= 15 is 0 Å². The van der Waals surface area contributed by atoms with Gasteiger partial charge in [0, 0.05) is 37.2 Å². The van der Waals surface area contributed by atoms with Gasteiger partial charge in [0.05, 0.1) is 0 Å². The molecule has 0 radical (unpaired) electrons. The summed E-state index contributed by atoms with van der Waals surface area (Å²) in [6.07, 6.45) is 6.80. The lowest BCUT2D eigenvalue weighted by Gasteiger charge is -2.30. The second-order valence-electron chi connectivity index (χ2n) is 4.66. The van der Waals surface area contributed by atoms with Gasteiger partial charge in [-0.2, -0.15) is 0 Å². The van der Waals surface area contributed by atoms with Crippen molar-refractivity contribution in [2.24, 2.45) is 5.73 Å². The van der Waals surface area contributed by atoms with E-state index in [-0.39, 0.29) is 0 Å². The molecule has 1 aromatic heterocycles. The maximum Gasteiger partial charge on any atom is 0.0456 e. The van der Waals surface area contributed by atoms with Crippen LogP contribution in [0.2, 0.25) is 0 Å². The van der Waals surface area contributed by atoms with Gasteiger partial charge in [-0.3, -0.25) is 4.98 Å². The molecule has 1 aliphatic carbocycles. The molecule has 88 valence electrons. The smallest absolute Gasteiger partial charge is 0.0456 e. The Balaban J connectivity index is 2.33. The minimum Gasteiger partial charge on any atom is -0.370 e. The van der Waals surface area contributed by atoms with Crippen molar-refractivity contribution in [1.29, 1.82) is 0 Å². The highest BCUT2D eigenvalue weighted by Crippen LogP contribution is 2.28. The number of hydrogen-bond donors (Lipinski definition) is 1. The molecular weight excluding hydrogens is 198 g/mol. The first-order valence-corrected chi connectivity index (χ1v) is 6.13. The number of nitrogens with zero attached hydrogens (tertiary/aromatic N) is 2. The molecule has 0 aromatic carbocycles. The molecule has 1 aliphatic rings. The lowest BCUT2D eigenvalue weighted by Crippen LogP contribution is -2.36. The van der Waals surface area contributed by atoms with Gasteiger partial charge in [-0.1, -0.05) is 0 Å². The first-order valence-electron chi connectivity index (χ1n) is 6.13. The fraction of sp³-hybridized carbons (Fsp3) is 0.615. The van der Waals surface area contributed by atoms with Gasteiger partial charge in [-0.05, 0) is 44.2 Å². The van der Waals surface area contributed by atoms with Gasteiger partial charge in [0.25, 0.3) is 0 Å². The highest BCUT2D eigenvalue weighted by atomic mass is 15.1. The Hall–Kier alpha value is -1.09. The predicted octanol–water partition coefficient (Wildman–Crippen LogP) is 1.74. The van der Waals surface area contributed by atoms with Crippen LogP contribution in [0.3, 0.4) is 0 Å². The molecule has 1 atom stereocenters. The van der Waals surface area contributed by atoms with E-state index in [4.69, 9.17) is 5.73 Å². The zero-order chi connectivity index (χ0) is 11.5. The van der Waals surface area contributed by atoms with Crippen LogP contribution in [0.4, 0.5) is 5.69 Å². The summed E-state index contributed by atoms with van der Waals surface area (Å²) < 4.78 is 0. The third kappa shape index (κ3) is 2.05. The largest absolute Gasteiger partial charge is 0.370 e. The Morgan fingerprint density at radius 1 is 1.44 bits per heavy atom. The molecular formula is C13H21N3. The van der Waals surface area contributed by atoms with Gasteiger partial charge < -0.3 is 10.6 Å². The number of nitrogens with two attached hydrogens (primary N) is 1. The number of fused-ring (bicyclic) bond motifs is 1. The number of rotatable bonds is 3. The molecule has 2 rings (SSSR count). The van der Waals surface area contributed by atoms with Gasteiger partial charge >= 0.3 is 0 Å². The lowest BCUT2D eigenvalue weighted by atomic mass is 9.94. The molecule has 16 heavy (non-hydrogen) atoms. The second-order valence-corrected chi connectivity index (χ2v) is 4.66. The molecule has 0 saturated carbocycles. The number of likely N-dealkylation sites (N-methyl/N-ethyl adjacent to an activating group) is 1. The Kier molecular flexibility index (Phi) is 3.44. The van der Waals surface area contributed by atoms with Crippen LogP contribution in [-0.2, 0) is 12.8 Å². The zero-order valence-corrected chi connectivity index (χ0v) is 10.2. The first kappa shape index (κ1) is 11.4. The van der Waals surface area contributed by atoms with Crippen molar-refractivity contribution in [3.8, 4) is 0 Å². The summed E-state index contributed by atoms with van der Waals surface area (Å²) in [7, 11) is 2.13. The van der Waals surface area contributed by atoms with Gasteiger partial charge in [-0.25, -0.2) is 0 Å². The van der Waals surface area contributed by atoms with Crippen molar-refractivity contribution in [3.63, 3.8) is 0 Å². The number of aryl methyl sites for hydroxylation is 1. The van der Waals surface area contributed by atoms with E-state index in [1.54, 1.807) is 0 Å². The molecule has 0 amide bonds. The third-order valence-corrected chi connectivity index (χ3v) is 3.59. The van der Waals surface area contributed by atoms with Crippen molar-refractivity contribution in [3.05, 3.63) is 23.5 Å². The Morgan fingerprint density at radius 3 is 2.94 bits per heavy atom. The van der Waals surface area contributed by atoms with Gasteiger partial charge in [0.2, 0.25) is 0 Å². The van der Waals surface area contributed by atoms with E-state index in [0.717, 1.165) is 6.42 Å². The standard InChI is InChI=1S/C13H21N3/c1-10(9-14)16(2)13-7-8-15-12-6-4-3-5-11(12)13/h7-8,10H,3-6,9,14H2,1-2H3. The average molecular weight is 219 g/mol. The van der Waals surface area contributed by atoms with Crippen molar-refractivity contribution < 1.29 is 0 Å². The molecule has 3 heteroatoms. The summed E-state index contributed by atoms with van der Waals surface area (Å²) in [6.45, 7) is 2.85. The number of pyridine rings is 1. The predicted molar refractivity (Wildman–Crippen MR) is 67.8 cm³/mol. The first-order chi connectivity index (χ1) is 7.74. The van der Waals surface area contributed by atoms with Crippen LogP contribution >= 0.6 is 0 Å². The molecule has 2 N–H and O–H groups in total. The molecule has 1 heterocycles. The molecule has 0 bridgehead atoms. The van der Waals surface area contributed by atoms with Crippen LogP contribution in [0.1, 0.15) is 31.0 Å². The summed E-state index contributed by atoms with van der Waals surface area (Å²) in [5, 5.41) is 0. The highest BCUT2D eigenvalue weighted by Gasteiger charge is 2.18. The highest BCUT2D eigenvalue weighted by molar-refractivity contribution is 5.55. The fourth-order valence-electron chi connectivity index (χ4n) is 2.33. The zero-order valence-electron chi connectivity index (χ0n) is 10.2. The Labute approximate surface area is 97.7 Å². The number of anilines is 1. The minimum absolute atomic E-state index is 0.383. The second kappa shape index (κ2) is 4.83. The van der Waals surface area contributed by atoms with Crippen LogP contribution in [0.5, 0.6) is 0 Å². The molecule has 1 unspecified atom stereocenters. The van der Waals surface area contributed by atoms with Crippen molar-refractivity contribution >= 4 is 5.69 Å². The topological polar surface area (TPSA) is 42.1 Å². The summed E-state index contributed by atoms with van der Waals surface area (Å²) in [5.41, 5.74) is 9.78. The van der Waals surface area contributed by atoms with Gasteiger partial charge in [0.1, 0.15) is 0 Å². The summed E-state index contributed by atoms with van der Waals surface area (Å²) in [6, 6.07) is 2.50. The maximum atomic E-state index is 5.73. The van der Waals surface area contributed by atoms with Gasteiger partial charge in [0.15, 0.2) is 0 Å². The number of hydrogen-bond acceptors (Lipinski definition) is 3. The third-order valence-electron chi connectivity index (χ3n) is 3.59. The van der Waals surface area contributed by atoms with Crippen LogP contribution in [0.15, 0.2) is 12.3 Å². The maximum absolute atomic E-state index is 5.73. The molecule has 0 fully saturated rings. The number of aromatic nitrogens is 1. The fourth-order valence-corrected chi connectivity index (χ4v) is 2.33. The van der Waals surface area contributed by atoms with E-state index in [1.165, 1.54) is 36.2 Å².